The van der Waals surface area contributed by atoms with Crippen molar-refractivity contribution in [1.82, 2.24) is 10.2 Å². The van der Waals surface area contributed by atoms with Gasteiger partial charge in [-0.3, -0.25) is 4.79 Å². The molecule has 0 bridgehead atoms. The molecule has 1 aliphatic rings. The van der Waals surface area contributed by atoms with E-state index in [0.717, 1.165) is 12.5 Å². The van der Waals surface area contributed by atoms with Crippen molar-refractivity contribution in [3.05, 3.63) is 0 Å². The third kappa shape index (κ3) is 3.66. The minimum atomic E-state index is 0.213. The fourth-order valence-corrected chi connectivity index (χ4v) is 1.78. The summed E-state index contributed by atoms with van der Waals surface area (Å²) in [4.78, 5) is 12.9. The SMILES string of the molecule is CCCC1CC1NCCC(=O)N(C)C. The number of carbonyl (C=O) groups is 1. The van der Waals surface area contributed by atoms with Gasteiger partial charge in [0.05, 0.1) is 0 Å². The molecule has 2 atom stereocenters. The number of nitrogens with zero attached hydrogens (tertiary/aromatic N) is 1. The second-order valence-corrected chi connectivity index (χ2v) is 4.38. The van der Waals surface area contributed by atoms with E-state index in [0.29, 0.717) is 12.5 Å². The number of hydrogen-bond donors (Lipinski definition) is 1. The van der Waals surface area contributed by atoms with Crippen LogP contribution < -0.4 is 5.32 Å². The van der Waals surface area contributed by atoms with Gasteiger partial charge in [0, 0.05) is 33.1 Å². The monoisotopic (exact) mass is 198 g/mol. The Bertz CT molecular complexity index is 192. The Morgan fingerprint density at radius 1 is 1.50 bits per heavy atom. The standard InChI is InChI=1S/C11H22N2O/c1-4-5-9-8-10(9)12-7-6-11(14)13(2)3/h9-10,12H,4-8H2,1-3H3. The van der Waals surface area contributed by atoms with Crippen LogP contribution in [0.3, 0.4) is 0 Å². The molecule has 0 radical (unpaired) electrons. The highest BCUT2D eigenvalue weighted by molar-refractivity contribution is 5.75. The molecule has 1 amide bonds. The molecule has 2 unspecified atom stereocenters. The Balaban J connectivity index is 1.98. The largest absolute Gasteiger partial charge is 0.349 e. The lowest BCUT2D eigenvalue weighted by atomic mass is 10.2. The van der Waals surface area contributed by atoms with Crippen LogP contribution >= 0.6 is 0 Å². The van der Waals surface area contributed by atoms with Crippen LogP contribution in [-0.2, 0) is 4.79 Å². The minimum absolute atomic E-state index is 0.213. The van der Waals surface area contributed by atoms with E-state index in [4.69, 9.17) is 0 Å². The average Bonchev–Trinajstić information content (AvgIpc) is 2.84. The summed E-state index contributed by atoms with van der Waals surface area (Å²) in [5, 5.41) is 3.43. The van der Waals surface area contributed by atoms with Crippen LogP contribution in [0.4, 0.5) is 0 Å². The molecule has 1 saturated carbocycles. The van der Waals surface area contributed by atoms with E-state index in [9.17, 15) is 4.79 Å². The van der Waals surface area contributed by atoms with Crippen molar-refractivity contribution >= 4 is 5.91 Å². The molecule has 1 N–H and O–H groups in total. The lowest BCUT2D eigenvalue weighted by molar-refractivity contribution is -0.128. The Hall–Kier alpha value is -0.570. The van der Waals surface area contributed by atoms with Crippen molar-refractivity contribution < 1.29 is 4.79 Å². The second kappa shape index (κ2) is 5.35. The highest BCUT2D eigenvalue weighted by atomic mass is 16.2. The van der Waals surface area contributed by atoms with Gasteiger partial charge in [0.1, 0.15) is 0 Å². The first kappa shape index (κ1) is 11.5. The topological polar surface area (TPSA) is 32.3 Å². The van der Waals surface area contributed by atoms with Crippen molar-refractivity contribution in [2.45, 2.75) is 38.6 Å². The van der Waals surface area contributed by atoms with Crippen molar-refractivity contribution in [1.29, 1.82) is 0 Å². The third-order valence-electron chi connectivity index (χ3n) is 2.83. The molecular weight excluding hydrogens is 176 g/mol. The van der Waals surface area contributed by atoms with Crippen molar-refractivity contribution in [2.75, 3.05) is 20.6 Å². The molecule has 0 spiro atoms. The van der Waals surface area contributed by atoms with E-state index in [1.807, 2.05) is 0 Å². The Morgan fingerprint density at radius 2 is 2.21 bits per heavy atom. The van der Waals surface area contributed by atoms with E-state index in [2.05, 4.69) is 12.2 Å². The van der Waals surface area contributed by atoms with Crippen LogP contribution in [-0.4, -0.2) is 37.5 Å². The Morgan fingerprint density at radius 3 is 2.79 bits per heavy atom. The van der Waals surface area contributed by atoms with Gasteiger partial charge in [0.25, 0.3) is 0 Å². The molecule has 82 valence electrons. The molecule has 0 aliphatic heterocycles. The zero-order valence-electron chi connectivity index (χ0n) is 9.55. The summed E-state index contributed by atoms with van der Waals surface area (Å²) in [6.45, 7) is 3.06. The van der Waals surface area contributed by atoms with Gasteiger partial charge in [0.15, 0.2) is 0 Å². The highest BCUT2D eigenvalue weighted by Gasteiger charge is 2.35. The molecule has 3 heteroatoms. The third-order valence-corrected chi connectivity index (χ3v) is 2.83. The molecule has 1 aliphatic carbocycles. The second-order valence-electron chi connectivity index (χ2n) is 4.38. The predicted octanol–water partition coefficient (Wildman–Crippen LogP) is 1.24. The van der Waals surface area contributed by atoms with E-state index in [1.165, 1.54) is 19.3 Å². The van der Waals surface area contributed by atoms with Crippen molar-refractivity contribution in [3.8, 4) is 0 Å². The minimum Gasteiger partial charge on any atom is -0.349 e. The zero-order chi connectivity index (χ0) is 10.6. The van der Waals surface area contributed by atoms with Gasteiger partial charge < -0.3 is 10.2 Å². The quantitative estimate of drug-likeness (QED) is 0.696. The van der Waals surface area contributed by atoms with Gasteiger partial charge in [-0.25, -0.2) is 0 Å². The maximum absolute atomic E-state index is 11.2. The Kier molecular flexibility index (Phi) is 4.39. The molecular formula is C11H22N2O. The lowest BCUT2D eigenvalue weighted by Gasteiger charge is -2.10. The smallest absolute Gasteiger partial charge is 0.223 e. The molecule has 0 aromatic rings. The summed E-state index contributed by atoms with van der Waals surface area (Å²) >= 11 is 0. The number of hydrogen-bond acceptors (Lipinski definition) is 2. The summed E-state index contributed by atoms with van der Waals surface area (Å²) in [7, 11) is 3.61. The highest BCUT2D eigenvalue weighted by Crippen LogP contribution is 2.34. The van der Waals surface area contributed by atoms with Crippen LogP contribution in [0.15, 0.2) is 0 Å². The first-order chi connectivity index (χ1) is 6.65. The summed E-state index contributed by atoms with van der Waals surface area (Å²) in [5.41, 5.74) is 0. The molecule has 0 saturated heterocycles. The molecule has 0 heterocycles. The van der Waals surface area contributed by atoms with Gasteiger partial charge in [-0.15, -0.1) is 0 Å². The molecule has 0 aromatic carbocycles. The molecule has 14 heavy (non-hydrogen) atoms. The molecule has 3 nitrogen and oxygen atoms in total. The van der Waals surface area contributed by atoms with Gasteiger partial charge in [-0.2, -0.15) is 0 Å². The summed E-state index contributed by atoms with van der Waals surface area (Å²) in [5.74, 6) is 1.10. The van der Waals surface area contributed by atoms with E-state index in [1.54, 1.807) is 19.0 Å². The number of amides is 1. The molecule has 1 fully saturated rings. The van der Waals surface area contributed by atoms with Crippen molar-refractivity contribution in [2.24, 2.45) is 5.92 Å². The number of carbonyl (C=O) groups excluding carboxylic acids is 1. The van der Waals surface area contributed by atoms with Gasteiger partial charge in [-0.05, 0) is 18.8 Å². The summed E-state index contributed by atoms with van der Waals surface area (Å²) in [6, 6.07) is 0.699. The lowest BCUT2D eigenvalue weighted by Crippen LogP contribution is -2.28. The van der Waals surface area contributed by atoms with Crippen LogP contribution in [0.2, 0.25) is 0 Å². The number of rotatable bonds is 6. The van der Waals surface area contributed by atoms with Crippen molar-refractivity contribution in [3.63, 3.8) is 0 Å². The van der Waals surface area contributed by atoms with Crippen LogP contribution in [0.5, 0.6) is 0 Å². The molecule has 0 aromatic heterocycles. The normalized spacial score (nSPS) is 24.8. The average molecular weight is 198 g/mol. The fraction of sp³-hybridized carbons (Fsp3) is 0.909. The van der Waals surface area contributed by atoms with E-state index in [-0.39, 0.29) is 5.91 Å². The van der Waals surface area contributed by atoms with Gasteiger partial charge >= 0.3 is 0 Å². The maximum Gasteiger partial charge on any atom is 0.223 e. The van der Waals surface area contributed by atoms with E-state index >= 15 is 0 Å². The summed E-state index contributed by atoms with van der Waals surface area (Å²) in [6.07, 6.45) is 4.55. The summed E-state index contributed by atoms with van der Waals surface area (Å²) < 4.78 is 0. The van der Waals surface area contributed by atoms with Crippen LogP contribution in [0, 0.1) is 5.92 Å². The van der Waals surface area contributed by atoms with Gasteiger partial charge in [-0.1, -0.05) is 13.3 Å². The predicted molar refractivity (Wildman–Crippen MR) is 58.1 cm³/mol. The zero-order valence-corrected chi connectivity index (χ0v) is 9.55. The fourth-order valence-electron chi connectivity index (χ4n) is 1.78. The van der Waals surface area contributed by atoms with Crippen LogP contribution in [0.1, 0.15) is 32.6 Å². The van der Waals surface area contributed by atoms with E-state index < -0.39 is 0 Å². The number of nitrogens with one attached hydrogen (secondary N) is 1. The first-order valence-corrected chi connectivity index (χ1v) is 5.58. The van der Waals surface area contributed by atoms with Gasteiger partial charge in [0.2, 0.25) is 5.91 Å². The Labute approximate surface area is 86.9 Å². The van der Waals surface area contributed by atoms with Crippen LogP contribution in [0.25, 0.3) is 0 Å². The maximum atomic E-state index is 11.2. The molecule has 1 rings (SSSR count). The first-order valence-electron chi connectivity index (χ1n) is 5.58.